The minimum atomic E-state index is -0.378. The number of hydrogen-bond acceptors (Lipinski definition) is 3. The van der Waals surface area contributed by atoms with Crippen LogP contribution in [0.15, 0.2) is 65.3 Å². The third-order valence-electron chi connectivity index (χ3n) is 4.11. The molecule has 2 N–H and O–H groups in total. The van der Waals surface area contributed by atoms with Gasteiger partial charge in [-0.3, -0.25) is 9.59 Å². The Morgan fingerprint density at radius 2 is 1.81 bits per heavy atom. The van der Waals surface area contributed by atoms with Crippen LogP contribution in [0.3, 0.4) is 0 Å². The standard InChI is InChI=1S/C21H19FN2O3/c1-14-4-7-16(13-18(14)24-21(26)19-3-2-12-27-19)20(25)23-11-10-15-5-8-17(22)9-6-15/h2-9,12-13H,10-11H2,1H3,(H,23,25)(H,24,26). The molecule has 0 bridgehead atoms. The zero-order chi connectivity index (χ0) is 19.2. The molecule has 6 heteroatoms. The molecule has 0 unspecified atom stereocenters. The minimum Gasteiger partial charge on any atom is -0.459 e. The summed E-state index contributed by atoms with van der Waals surface area (Å²) in [6.45, 7) is 2.26. The predicted octanol–water partition coefficient (Wildman–Crippen LogP) is 3.95. The zero-order valence-corrected chi connectivity index (χ0v) is 14.8. The SMILES string of the molecule is Cc1ccc(C(=O)NCCc2ccc(F)cc2)cc1NC(=O)c1ccco1. The lowest BCUT2D eigenvalue weighted by atomic mass is 10.1. The summed E-state index contributed by atoms with van der Waals surface area (Å²) in [4.78, 5) is 24.5. The van der Waals surface area contributed by atoms with Crippen LogP contribution >= 0.6 is 0 Å². The molecule has 3 rings (SSSR count). The van der Waals surface area contributed by atoms with E-state index in [0.717, 1.165) is 11.1 Å². The van der Waals surface area contributed by atoms with Gasteiger partial charge in [0.1, 0.15) is 5.82 Å². The van der Waals surface area contributed by atoms with Crippen LogP contribution in [0.4, 0.5) is 10.1 Å². The number of carbonyl (C=O) groups excluding carboxylic acids is 2. The van der Waals surface area contributed by atoms with Crippen molar-refractivity contribution in [2.45, 2.75) is 13.3 Å². The Labute approximate surface area is 156 Å². The van der Waals surface area contributed by atoms with E-state index in [9.17, 15) is 14.0 Å². The monoisotopic (exact) mass is 366 g/mol. The van der Waals surface area contributed by atoms with Crippen LogP contribution in [0.25, 0.3) is 0 Å². The van der Waals surface area contributed by atoms with E-state index in [1.165, 1.54) is 18.4 Å². The normalized spacial score (nSPS) is 10.4. The lowest BCUT2D eigenvalue weighted by Gasteiger charge is -2.10. The molecule has 2 aromatic carbocycles. The number of benzene rings is 2. The largest absolute Gasteiger partial charge is 0.459 e. The van der Waals surface area contributed by atoms with Crippen LogP contribution in [-0.2, 0) is 6.42 Å². The molecular formula is C21H19FN2O3. The van der Waals surface area contributed by atoms with Crippen LogP contribution in [0, 0.1) is 12.7 Å². The van der Waals surface area contributed by atoms with Gasteiger partial charge in [0, 0.05) is 17.8 Å². The van der Waals surface area contributed by atoms with Gasteiger partial charge in [-0.05, 0) is 60.9 Å². The summed E-state index contributed by atoms with van der Waals surface area (Å²) >= 11 is 0. The van der Waals surface area contributed by atoms with Crippen molar-refractivity contribution in [2.75, 3.05) is 11.9 Å². The molecule has 0 aliphatic rings. The Morgan fingerprint density at radius 1 is 1.04 bits per heavy atom. The number of amides is 2. The summed E-state index contributed by atoms with van der Waals surface area (Å²) in [7, 11) is 0. The average molecular weight is 366 g/mol. The fourth-order valence-electron chi connectivity index (χ4n) is 2.56. The van der Waals surface area contributed by atoms with Crippen molar-refractivity contribution in [2.24, 2.45) is 0 Å². The highest BCUT2D eigenvalue weighted by Crippen LogP contribution is 2.18. The maximum absolute atomic E-state index is 12.9. The van der Waals surface area contributed by atoms with Gasteiger partial charge >= 0.3 is 0 Å². The molecule has 1 heterocycles. The van der Waals surface area contributed by atoms with Gasteiger partial charge < -0.3 is 15.1 Å². The third-order valence-corrected chi connectivity index (χ3v) is 4.11. The third kappa shape index (κ3) is 4.82. The first kappa shape index (κ1) is 18.4. The number of carbonyl (C=O) groups is 2. The topological polar surface area (TPSA) is 71.3 Å². The van der Waals surface area contributed by atoms with Gasteiger partial charge in [0.2, 0.25) is 0 Å². The van der Waals surface area contributed by atoms with Crippen molar-refractivity contribution in [3.8, 4) is 0 Å². The summed E-state index contributed by atoms with van der Waals surface area (Å²) < 4.78 is 18.0. The molecule has 0 saturated heterocycles. The molecule has 5 nitrogen and oxygen atoms in total. The molecule has 0 radical (unpaired) electrons. The van der Waals surface area contributed by atoms with Crippen molar-refractivity contribution >= 4 is 17.5 Å². The fourth-order valence-corrected chi connectivity index (χ4v) is 2.56. The van der Waals surface area contributed by atoms with E-state index >= 15 is 0 Å². The van der Waals surface area contributed by atoms with E-state index in [1.807, 2.05) is 6.92 Å². The van der Waals surface area contributed by atoms with Crippen molar-refractivity contribution < 1.29 is 18.4 Å². The van der Waals surface area contributed by atoms with Gasteiger partial charge in [0.05, 0.1) is 6.26 Å². The van der Waals surface area contributed by atoms with Gasteiger partial charge in [0.15, 0.2) is 5.76 Å². The Hall–Kier alpha value is -3.41. The molecule has 0 aliphatic heterocycles. The molecule has 1 aromatic heterocycles. The minimum absolute atomic E-state index is 0.198. The summed E-state index contributed by atoms with van der Waals surface area (Å²) in [5.74, 6) is -0.710. The first-order chi connectivity index (χ1) is 13.0. The summed E-state index contributed by atoms with van der Waals surface area (Å²) in [5.41, 5.74) is 2.75. The van der Waals surface area contributed by atoms with E-state index in [2.05, 4.69) is 10.6 Å². The second-order valence-electron chi connectivity index (χ2n) is 6.09. The Bertz CT molecular complexity index is 935. The van der Waals surface area contributed by atoms with Gasteiger partial charge in [0.25, 0.3) is 11.8 Å². The van der Waals surface area contributed by atoms with Crippen LogP contribution in [0.5, 0.6) is 0 Å². The van der Waals surface area contributed by atoms with Crippen LogP contribution in [0.1, 0.15) is 32.0 Å². The van der Waals surface area contributed by atoms with Crippen molar-refractivity contribution in [1.29, 1.82) is 0 Å². The zero-order valence-electron chi connectivity index (χ0n) is 14.8. The number of furan rings is 1. The number of hydrogen-bond donors (Lipinski definition) is 2. The predicted molar refractivity (Wildman–Crippen MR) is 100 cm³/mol. The van der Waals surface area contributed by atoms with Gasteiger partial charge in [-0.1, -0.05) is 18.2 Å². The highest BCUT2D eigenvalue weighted by molar-refractivity contribution is 6.03. The van der Waals surface area contributed by atoms with Crippen molar-refractivity contribution in [3.63, 3.8) is 0 Å². The maximum atomic E-state index is 12.9. The Kier molecular flexibility index (Phi) is 5.66. The average Bonchev–Trinajstić information content (AvgIpc) is 3.20. The van der Waals surface area contributed by atoms with Crippen LogP contribution in [-0.4, -0.2) is 18.4 Å². The number of nitrogens with one attached hydrogen (secondary N) is 2. The molecule has 27 heavy (non-hydrogen) atoms. The second-order valence-corrected chi connectivity index (χ2v) is 6.09. The lowest BCUT2D eigenvalue weighted by Crippen LogP contribution is -2.26. The number of halogens is 1. The van der Waals surface area contributed by atoms with Crippen LogP contribution in [0.2, 0.25) is 0 Å². The van der Waals surface area contributed by atoms with E-state index < -0.39 is 0 Å². The van der Waals surface area contributed by atoms with Crippen molar-refractivity contribution in [3.05, 3.63) is 89.1 Å². The molecule has 138 valence electrons. The Morgan fingerprint density at radius 3 is 2.52 bits per heavy atom. The highest BCUT2D eigenvalue weighted by atomic mass is 19.1. The molecule has 0 atom stereocenters. The lowest BCUT2D eigenvalue weighted by molar-refractivity contribution is 0.0952. The molecule has 0 fully saturated rings. The van der Waals surface area contributed by atoms with E-state index in [1.54, 1.807) is 42.5 Å². The maximum Gasteiger partial charge on any atom is 0.291 e. The summed E-state index contributed by atoms with van der Waals surface area (Å²) in [6.07, 6.45) is 2.02. The van der Waals surface area contributed by atoms with Crippen molar-refractivity contribution in [1.82, 2.24) is 5.32 Å². The number of rotatable bonds is 6. The fraction of sp³-hybridized carbons (Fsp3) is 0.143. The van der Waals surface area contributed by atoms with Gasteiger partial charge in [-0.15, -0.1) is 0 Å². The quantitative estimate of drug-likeness (QED) is 0.694. The van der Waals surface area contributed by atoms with E-state index in [-0.39, 0.29) is 23.4 Å². The molecule has 0 spiro atoms. The highest BCUT2D eigenvalue weighted by Gasteiger charge is 2.13. The first-order valence-corrected chi connectivity index (χ1v) is 8.51. The number of aryl methyl sites for hydroxylation is 1. The van der Waals surface area contributed by atoms with E-state index in [0.29, 0.717) is 24.2 Å². The summed E-state index contributed by atoms with van der Waals surface area (Å²) in [5, 5.41) is 5.57. The second kappa shape index (κ2) is 8.31. The summed E-state index contributed by atoms with van der Waals surface area (Å²) in [6, 6.07) is 14.5. The smallest absolute Gasteiger partial charge is 0.291 e. The Balaban J connectivity index is 1.61. The van der Waals surface area contributed by atoms with Gasteiger partial charge in [-0.25, -0.2) is 4.39 Å². The molecule has 0 aliphatic carbocycles. The van der Waals surface area contributed by atoms with E-state index in [4.69, 9.17) is 4.42 Å². The molecular weight excluding hydrogens is 347 g/mol. The first-order valence-electron chi connectivity index (χ1n) is 8.51. The molecule has 2 amide bonds. The van der Waals surface area contributed by atoms with Crippen LogP contribution < -0.4 is 10.6 Å². The number of anilines is 1. The molecule has 0 saturated carbocycles. The molecule has 3 aromatic rings. The van der Waals surface area contributed by atoms with Gasteiger partial charge in [-0.2, -0.15) is 0 Å².